The second-order valence-electron chi connectivity index (χ2n) is 4.47. The summed E-state index contributed by atoms with van der Waals surface area (Å²) < 4.78 is 5.21. The minimum absolute atomic E-state index is 0.500. The summed E-state index contributed by atoms with van der Waals surface area (Å²) in [5, 5.41) is 13.7. The molecular formula is C13H10ClNO3. The normalized spacial score (nSPS) is 16.5. The molecule has 0 bridgehead atoms. The first-order valence-electron chi connectivity index (χ1n) is 5.58. The van der Waals surface area contributed by atoms with Crippen LogP contribution in [0.3, 0.4) is 0 Å². The van der Waals surface area contributed by atoms with Crippen molar-refractivity contribution in [1.29, 1.82) is 0 Å². The summed E-state index contributed by atoms with van der Waals surface area (Å²) in [4.78, 5) is 11.2. The molecule has 0 amide bonds. The molecule has 0 saturated heterocycles. The Hall–Kier alpha value is -1.81. The van der Waals surface area contributed by atoms with Crippen molar-refractivity contribution in [2.45, 2.75) is 18.3 Å². The van der Waals surface area contributed by atoms with E-state index < -0.39 is 11.4 Å². The fourth-order valence-electron chi connectivity index (χ4n) is 1.96. The van der Waals surface area contributed by atoms with Crippen LogP contribution in [-0.4, -0.2) is 16.2 Å². The molecule has 0 atom stereocenters. The van der Waals surface area contributed by atoms with Crippen LogP contribution in [0.5, 0.6) is 0 Å². The van der Waals surface area contributed by atoms with Crippen LogP contribution in [0.25, 0.3) is 11.3 Å². The second-order valence-corrected chi connectivity index (χ2v) is 4.91. The lowest BCUT2D eigenvalue weighted by molar-refractivity contribution is -0.140. The number of aromatic nitrogens is 1. The summed E-state index contributed by atoms with van der Waals surface area (Å²) in [5.74, 6) is -0.271. The maximum absolute atomic E-state index is 11.2. The Morgan fingerprint density at radius 2 is 2.00 bits per heavy atom. The van der Waals surface area contributed by atoms with E-state index in [0.717, 1.165) is 5.56 Å². The van der Waals surface area contributed by atoms with Crippen molar-refractivity contribution in [1.82, 2.24) is 5.16 Å². The molecule has 5 heteroatoms. The van der Waals surface area contributed by atoms with E-state index in [9.17, 15) is 9.90 Å². The van der Waals surface area contributed by atoms with E-state index in [1.807, 2.05) is 12.1 Å². The van der Waals surface area contributed by atoms with Gasteiger partial charge in [0, 0.05) is 16.7 Å². The molecule has 92 valence electrons. The molecular weight excluding hydrogens is 254 g/mol. The monoisotopic (exact) mass is 263 g/mol. The first kappa shape index (κ1) is 11.3. The molecule has 0 spiro atoms. The van der Waals surface area contributed by atoms with Gasteiger partial charge in [-0.25, -0.2) is 0 Å². The molecule has 1 fully saturated rings. The number of carboxylic acid groups (broad SMARTS) is 1. The maximum atomic E-state index is 11.2. The van der Waals surface area contributed by atoms with E-state index >= 15 is 0 Å². The Labute approximate surface area is 108 Å². The molecule has 2 aromatic rings. The topological polar surface area (TPSA) is 63.3 Å². The number of hydrogen-bond donors (Lipinski definition) is 1. The van der Waals surface area contributed by atoms with E-state index in [-0.39, 0.29) is 0 Å². The fraction of sp³-hybridized carbons (Fsp3) is 0.231. The molecule has 0 aliphatic heterocycles. The lowest BCUT2D eigenvalue weighted by atomic mass is 10.0. The van der Waals surface area contributed by atoms with Crippen LogP contribution in [-0.2, 0) is 10.2 Å². The van der Waals surface area contributed by atoms with Crippen LogP contribution < -0.4 is 0 Å². The Bertz CT molecular complexity index is 599. The number of carboxylic acids is 1. The van der Waals surface area contributed by atoms with Crippen molar-refractivity contribution in [3.63, 3.8) is 0 Å². The van der Waals surface area contributed by atoms with Crippen LogP contribution >= 0.6 is 11.6 Å². The van der Waals surface area contributed by atoms with Gasteiger partial charge in [-0.15, -0.1) is 0 Å². The molecule has 3 rings (SSSR count). The Balaban J connectivity index is 1.95. The van der Waals surface area contributed by atoms with Gasteiger partial charge in [0.1, 0.15) is 11.1 Å². The highest BCUT2D eigenvalue weighted by atomic mass is 35.5. The number of aliphatic carboxylic acids is 1. The van der Waals surface area contributed by atoms with E-state index in [1.54, 1.807) is 18.2 Å². The zero-order valence-corrected chi connectivity index (χ0v) is 10.1. The third-order valence-electron chi connectivity index (χ3n) is 3.29. The molecule has 1 aliphatic carbocycles. The standard InChI is InChI=1S/C13H10ClNO3/c14-9-3-1-8(2-4-9)10-7-11(15-18-10)13(5-6-13)12(16)17/h1-4,7H,5-6H2,(H,16,17). The van der Waals surface area contributed by atoms with Crippen molar-refractivity contribution in [3.05, 3.63) is 41.0 Å². The molecule has 1 heterocycles. The van der Waals surface area contributed by atoms with Crippen molar-refractivity contribution in [2.24, 2.45) is 0 Å². The highest BCUT2D eigenvalue weighted by Crippen LogP contribution is 2.48. The third-order valence-corrected chi connectivity index (χ3v) is 3.54. The van der Waals surface area contributed by atoms with Gasteiger partial charge in [0.05, 0.1) is 0 Å². The summed E-state index contributed by atoms with van der Waals surface area (Å²) in [6.45, 7) is 0. The van der Waals surface area contributed by atoms with Crippen molar-refractivity contribution >= 4 is 17.6 Å². The Kier molecular flexibility index (Phi) is 2.41. The smallest absolute Gasteiger partial charge is 0.315 e. The van der Waals surface area contributed by atoms with Crippen LogP contribution in [0.1, 0.15) is 18.5 Å². The second kappa shape index (κ2) is 3.85. The van der Waals surface area contributed by atoms with Gasteiger partial charge < -0.3 is 9.63 Å². The average Bonchev–Trinajstić information content (AvgIpc) is 3.03. The van der Waals surface area contributed by atoms with E-state index in [1.165, 1.54) is 0 Å². The molecule has 1 N–H and O–H groups in total. The average molecular weight is 264 g/mol. The third kappa shape index (κ3) is 1.69. The largest absolute Gasteiger partial charge is 0.481 e. The summed E-state index contributed by atoms with van der Waals surface area (Å²) in [6, 6.07) is 8.83. The number of rotatable bonds is 3. The summed E-state index contributed by atoms with van der Waals surface area (Å²) in [5.41, 5.74) is 0.507. The highest BCUT2D eigenvalue weighted by molar-refractivity contribution is 6.30. The minimum Gasteiger partial charge on any atom is -0.481 e. The van der Waals surface area contributed by atoms with Gasteiger partial charge in [-0.2, -0.15) is 0 Å². The maximum Gasteiger partial charge on any atom is 0.315 e. The molecule has 0 radical (unpaired) electrons. The van der Waals surface area contributed by atoms with Crippen molar-refractivity contribution in [3.8, 4) is 11.3 Å². The molecule has 1 aromatic heterocycles. The number of halogens is 1. The Morgan fingerprint density at radius 3 is 2.56 bits per heavy atom. The SMILES string of the molecule is O=C(O)C1(c2cc(-c3ccc(Cl)cc3)on2)CC1. The first-order chi connectivity index (χ1) is 8.62. The predicted octanol–water partition coefficient (Wildman–Crippen LogP) is 3.11. The summed E-state index contributed by atoms with van der Waals surface area (Å²) >= 11 is 5.80. The molecule has 1 aromatic carbocycles. The quantitative estimate of drug-likeness (QED) is 0.924. The van der Waals surface area contributed by atoms with Gasteiger partial charge >= 0.3 is 5.97 Å². The van der Waals surface area contributed by atoms with Crippen molar-refractivity contribution < 1.29 is 14.4 Å². The van der Waals surface area contributed by atoms with Gasteiger partial charge in [0.25, 0.3) is 0 Å². The fourth-order valence-corrected chi connectivity index (χ4v) is 2.08. The van der Waals surface area contributed by atoms with Crippen LogP contribution in [0.2, 0.25) is 5.02 Å². The summed E-state index contributed by atoms with van der Waals surface area (Å²) in [6.07, 6.45) is 1.24. The molecule has 1 saturated carbocycles. The number of nitrogens with zero attached hydrogens (tertiary/aromatic N) is 1. The first-order valence-corrected chi connectivity index (χ1v) is 5.96. The zero-order valence-electron chi connectivity index (χ0n) is 9.39. The van der Waals surface area contributed by atoms with Gasteiger partial charge in [-0.3, -0.25) is 4.79 Å². The van der Waals surface area contributed by atoms with Crippen LogP contribution in [0.4, 0.5) is 0 Å². The number of hydrogen-bond acceptors (Lipinski definition) is 3. The van der Waals surface area contributed by atoms with Gasteiger partial charge in [-0.1, -0.05) is 16.8 Å². The van der Waals surface area contributed by atoms with Crippen LogP contribution in [0.15, 0.2) is 34.9 Å². The van der Waals surface area contributed by atoms with Crippen LogP contribution in [0, 0.1) is 0 Å². The van der Waals surface area contributed by atoms with E-state index in [4.69, 9.17) is 16.1 Å². The number of benzene rings is 1. The molecule has 1 aliphatic rings. The van der Waals surface area contributed by atoms with Gasteiger partial charge in [-0.05, 0) is 37.1 Å². The minimum atomic E-state index is -0.835. The lowest BCUT2D eigenvalue weighted by Gasteiger charge is -2.02. The zero-order chi connectivity index (χ0) is 12.8. The van der Waals surface area contributed by atoms with Gasteiger partial charge in [0.2, 0.25) is 0 Å². The van der Waals surface area contributed by atoms with E-state index in [2.05, 4.69) is 5.16 Å². The lowest BCUT2D eigenvalue weighted by Crippen LogP contribution is -2.19. The van der Waals surface area contributed by atoms with E-state index in [0.29, 0.717) is 29.3 Å². The molecule has 0 unspecified atom stereocenters. The predicted molar refractivity (Wildman–Crippen MR) is 65.5 cm³/mol. The Morgan fingerprint density at radius 1 is 1.33 bits per heavy atom. The molecule has 18 heavy (non-hydrogen) atoms. The summed E-state index contributed by atoms with van der Waals surface area (Å²) in [7, 11) is 0. The molecule has 4 nitrogen and oxygen atoms in total. The van der Waals surface area contributed by atoms with Crippen molar-refractivity contribution in [2.75, 3.05) is 0 Å². The van der Waals surface area contributed by atoms with Gasteiger partial charge in [0.15, 0.2) is 5.76 Å². The highest BCUT2D eigenvalue weighted by Gasteiger charge is 2.54. The number of carbonyl (C=O) groups is 1.